The summed E-state index contributed by atoms with van der Waals surface area (Å²) in [6.45, 7) is 5.52. The lowest BCUT2D eigenvalue weighted by Gasteiger charge is -2.35. The molecule has 0 unspecified atom stereocenters. The summed E-state index contributed by atoms with van der Waals surface area (Å²) in [7, 11) is 0. The van der Waals surface area contributed by atoms with E-state index in [1.807, 2.05) is 0 Å². The summed E-state index contributed by atoms with van der Waals surface area (Å²) in [6, 6.07) is 9.14. The molecule has 2 nitrogen and oxygen atoms in total. The highest BCUT2D eigenvalue weighted by Crippen LogP contribution is 2.20. The standard InChI is InChI=1S/C11H15BrN2/c1-9-8-13-6-7-14(9)11-4-2-10(12)3-5-11/h2-5,9,13H,6-8H2,1H3/t9-/m1/s1. The van der Waals surface area contributed by atoms with Gasteiger partial charge in [-0.2, -0.15) is 0 Å². The Kier molecular flexibility index (Phi) is 3.08. The zero-order valence-corrected chi connectivity index (χ0v) is 9.92. The van der Waals surface area contributed by atoms with Gasteiger partial charge in [0.2, 0.25) is 0 Å². The molecular weight excluding hydrogens is 240 g/mol. The van der Waals surface area contributed by atoms with Gasteiger partial charge in [-0.15, -0.1) is 0 Å². The number of nitrogens with one attached hydrogen (secondary N) is 1. The van der Waals surface area contributed by atoms with Crippen LogP contribution in [0.5, 0.6) is 0 Å². The number of piperazine rings is 1. The van der Waals surface area contributed by atoms with Crippen LogP contribution in [0.1, 0.15) is 6.92 Å². The molecular formula is C11H15BrN2. The third-order valence-corrected chi connectivity index (χ3v) is 3.19. The molecule has 2 rings (SSSR count). The average molecular weight is 255 g/mol. The Hall–Kier alpha value is -0.540. The molecule has 0 spiro atoms. The van der Waals surface area contributed by atoms with Gasteiger partial charge < -0.3 is 10.2 Å². The molecule has 1 heterocycles. The summed E-state index contributed by atoms with van der Waals surface area (Å²) < 4.78 is 1.14. The van der Waals surface area contributed by atoms with Gasteiger partial charge in [0.05, 0.1) is 0 Å². The van der Waals surface area contributed by atoms with Gasteiger partial charge in [0.25, 0.3) is 0 Å². The van der Waals surface area contributed by atoms with Crippen LogP contribution in [0, 0.1) is 0 Å². The molecule has 1 atom stereocenters. The van der Waals surface area contributed by atoms with Gasteiger partial charge in [-0.3, -0.25) is 0 Å². The lowest BCUT2D eigenvalue weighted by Crippen LogP contribution is -2.49. The average Bonchev–Trinajstić information content (AvgIpc) is 2.20. The van der Waals surface area contributed by atoms with Crippen LogP contribution in [0.3, 0.4) is 0 Å². The third-order valence-electron chi connectivity index (χ3n) is 2.66. The van der Waals surface area contributed by atoms with E-state index in [2.05, 4.69) is 57.3 Å². The van der Waals surface area contributed by atoms with Gasteiger partial charge in [0, 0.05) is 35.8 Å². The molecule has 1 aliphatic heterocycles. The zero-order valence-electron chi connectivity index (χ0n) is 8.33. The van der Waals surface area contributed by atoms with E-state index in [0.29, 0.717) is 6.04 Å². The van der Waals surface area contributed by atoms with Crippen LogP contribution in [-0.4, -0.2) is 25.7 Å². The first-order valence-corrected chi connectivity index (χ1v) is 5.79. The number of rotatable bonds is 1. The lowest BCUT2D eigenvalue weighted by molar-refractivity contribution is 0.501. The maximum Gasteiger partial charge on any atom is 0.0386 e. The van der Waals surface area contributed by atoms with Gasteiger partial charge in [-0.05, 0) is 31.2 Å². The van der Waals surface area contributed by atoms with E-state index in [4.69, 9.17) is 0 Å². The van der Waals surface area contributed by atoms with Crippen molar-refractivity contribution in [3.63, 3.8) is 0 Å². The molecule has 3 heteroatoms. The zero-order chi connectivity index (χ0) is 9.97. The van der Waals surface area contributed by atoms with E-state index in [9.17, 15) is 0 Å². The minimum Gasteiger partial charge on any atom is -0.366 e. The molecule has 1 N–H and O–H groups in total. The van der Waals surface area contributed by atoms with Gasteiger partial charge in [-0.1, -0.05) is 15.9 Å². The maximum absolute atomic E-state index is 3.45. The number of benzene rings is 1. The van der Waals surface area contributed by atoms with Crippen molar-refractivity contribution in [3.05, 3.63) is 28.7 Å². The molecule has 1 aromatic rings. The minimum absolute atomic E-state index is 0.588. The molecule has 1 saturated heterocycles. The SMILES string of the molecule is C[C@@H]1CNCCN1c1ccc(Br)cc1. The second kappa shape index (κ2) is 4.32. The van der Waals surface area contributed by atoms with Crippen LogP contribution in [0.2, 0.25) is 0 Å². The topological polar surface area (TPSA) is 15.3 Å². The molecule has 0 amide bonds. The van der Waals surface area contributed by atoms with Crippen LogP contribution in [0.25, 0.3) is 0 Å². The van der Waals surface area contributed by atoms with E-state index in [-0.39, 0.29) is 0 Å². The maximum atomic E-state index is 3.45. The van der Waals surface area contributed by atoms with E-state index in [1.54, 1.807) is 0 Å². The molecule has 1 aromatic carbocycles. The Morgan fingerprint density at radius 1 is 1.36 bits per heavy atom. The largest absolute Gasteiger partial charge is 0.366 e. The molecule has 0 aromatic heterocycles. The van der Waals surface area contributed by atoms with Crippen molar-refractivity contribution in [2.24, 2.45) is 0 Å². The number of nitrogens with zero attached hydrogens (tertiary/aromatic N) is 1. The Morgan fingerprint density at radius 2 is 2.07 bits per heavy atom. The highest BCUT2D eigenvalue weighted by atomic mass is 79.9. The normalized spacial score (nSPS) is 22.4. The second-order valence-corrected chi connectivity index (χ2v) is 4.64. The lowest BCUT2D eigenvalue weighted by atomic mass is 10.2. The Bertz CT molecular complexity index is 297. The summed E-state index contributed by atoms with van der Waals surface area (Å²) in [5.74, 6) is 0. The molecule has 14 heavy (non-hydrogen) atoms. The Balaban J connectivity index is 2.16. The fraction of sp³-hybridized carbons (Fsp3) is 0.455. The predicted molar refractivity (Wildman–Crippen MR) is 63.8 cm³/mol. The monoisotopic (exact) mass is 254 g/mol. The number of hydrogen-bond acceptors (Lipinski definition) is 2. The summed E-state index contributed by atoms with van der Waals surface area (Å²) in [5.41, 5.74) is 1.32. The minimum atomic E-state index is 0.588. The van der Waals surface area contributed by atoms with Crippen LogP contribution in [0.4, 0.5) is 5.69 Å². The van der Waals surface area contributed by atoms with Crippen molar-refractivity contribution in [1.82, 2.24) is 5.32 Å². The molecule has 0 aliphatic carbocycles. The van der Waals surface area contributed by atoms with Gasteiger partial charge in [0.1, 0.15) is 0 Å². The molecule has 0 radical (unpaired) electrons. The van der Waals surface area contributed by atoms with E-state index < -0.39 is 0 Å². The first-order chi connectivity index (χ1) is 6.77. The van der Waals surface area contributed by atoms with Crippen molar-refractivity contribution in [1.29, 1.82) is 0 Å². The van der Waals surface area contributed by atoms with Gasteiger partial charge in [-0.25, -0.2) is 0 Å². The van der Waals surface area contributed by atoms with Gasteiger partial charge in [0.15, 0.2) is 0 Å². The van der Waals surface area contributed by atoms with E-state index in [1.165, 1.54) is 5.69 Å². The molecule has 76 valence electrons. The number of anilines is 1. The fourth-order valence-electron chi connectivity index (χ4n) is 1.86. The van der Waals surface area contributed by atoms with Gasteiger partial charge >= 0.3 is 0 Å². The molecule has 0 bridgehead atoms. The quantitative estimate of drug-likeness (QED) is 0.828. The fourth-order valence-corrected chi connectivity index (χ4v) is 2.12. The smallest absolute Gasteiger partial charge is 0.0386 e. The summed E-state index contributed by atoms with van der Waals surface area (Å²) in [4.78, 5) is 2.45. The van der Waals surface area contributed by atoms with E-state index in [0.717, 1.165) is 24.1 Å². The Labute approximate surface area is 93.4 Å². The van der Waals surface area contributed by atoms with Crippen molar-refractivity contribution < 1.29 is 0 Å². The second-order valence-electron chi connectivity index (χ2n) is 3.72. The molecule has 1 fully saturated rings. The highest BCUT2D eigenvalue weighted by Gasteiger charge is 2.17. The van der Waals surface area contributed by atoms with Crippen LogP contribution in [0.15, 0.2) is 28.7 Å². The van der Waals surface area contributed by atoms with E-state index >= 15 is 0 Å². The van der Waals surface area contributed by atoms with Crippen LogP contribution < -0.4 is 10.2 Å². The summed E-state index contributed by atoms with van der Waals surface area (Å²) in [6.07, 6.45) is 0. The number of halogens is 1. The van der Waals surface area contributed by atoms with Crippen LogP contribution in [-0.2, 0) is 0 Å². The first-order valence-electron chi connectivity index (χ1n) is 5.00. The van der Waals surface area contributed by atoms with Crippen molar-refractivity contribution in [3.8, 4) is 0 Å². The third kappa shape index (κ3) is 2.10. The first kappa shape index (κ1) is 9.99. The molecule has 1 aliphatic rings. The highest BCUT2D eigenvalue weighted by molar-refractivity contribution is 9.10. The number of hydrogen-bond donors (Lipinski definition) is 1. The van der Waals surface area contributed by atoms with Crippen molar-refractivity contribution >= 4 is 21.6 Å². The summed E-state index contributed by atoms with van der Waals surface area (Å²) in [5, 5.41) is 3.39. The predicted octanol–water partition coefficient (Wildman–Crippen LogP) is 2.25. The van der Waals surface area contributed by atoms with Crippen LogP contribution >= 0.6 is 15.9 Å². The van der Waals surface area contributed by atoms with Crippen molar-refractivity contribution in [2.75, 3.05) is 24.5 Å². The Morgan fingerprint density at radius 3 is 2.71 bits per heavy atom. The van der Waals surface area contributed by atoms with Crippen molar-refractivity contribution in [2.45, 2.75) is 13.0 Å². The molecule has 0 saturated carbocycles. The summed E-state index contributed by atoms with van der Waals surface area (Å²) >= 11 is 3.45.